The summed E-state index contributed by atoms with van der Waals surface area (Å²) in [6.45, 7) is 1.44. The van der Waals surface area contributed by atoms with E-state index in [0.717, 1.165) is 0 Å². The highest BCUT2D eigenvalue weighted by Crippen LogP contribution is 2.17. The number of hydrogen-bond donors (Lipinski definition) is 1. The van der Waals surface area contributed by atoms with Crippen LogP contribution in [0.1, 0.15) is 13.8 Å². The zero-order valence-electron chi connectivity index (χ0n) is 7.26. The highest BCUT2D eigenvalue weighted by Gasteiger charge is 2.32. The van der Waals surface area contributed by atoms with Crippen LogP contribution in [0.25, 0.3) is 0 Å². The third-order valence-corrected chi connectivity index (χ3v) is 1.28. The Bertz CT molecular complexity index is 176. The summed E-state index contributed by atoms with van der Waals surface area (Å²) < 4.78 is 39.1. The third-order valence-electron chi connectivity index (χ3n) is 1.28. The Morgan fingerprint density at radius 1 is 1.46 bits per heavy atom. The van der Waals surface area contributed by atoms with E-state index in [0.29, 0.717) is 0 Å². The molecule has 0 saturated heterocycles. The number of ether oxygens (including phenoxy) is 1. The van der Waals surface area contributed by atoms with Gasteiger partial charge in [-0.15, -0.1) is 0 Å². The topological polar surface area (TPSA) is 46.5 Å². The first-order valence-corrected chi connectivity index (χ1v) is 3.65. The van der Waals surface area contributed by atoms with Crippen LogP contribution < -0.4 is 0 Å². The summed E-state index contributed by atoms with van der Waals surface area (Å²) in [5.41, 5.74) is 0. The number of alkyl halides is 3. The van der Waals surface area contributed by atoms with Crippen LogP contribution >= 0.6 is 0 Å². The molecule has 0 bridgehead atoms. The third kappa shape index (κ3) is 5.46. The highest BCUT2D eigenvalue weighted by molar-refractivity contribution is 5.72. The molecular weight excluding hydrogens is 189 g/mol. The Hall–Kier alpha value is -0.780. The van der Waals surface area contributed by atoms with Gasteiger partial charge in [-0.3, -0.25) is 0 Å². The predicted molar refractivity (Wildman–Crippen MR) is 38.3 cm³/mol. The van der Waals surface area contributed by atoms with E-state index in [1.807, 2.05) is 0 Å². The molecule has 0 radical (unpaired) electrons. The van der Waals surface area contributed by atoms with E-state index in [-0.39, 0.29) is 0 Å². The van der Waals surface area contributed by atoms with Crippen molar-refractivity contribution < 1.29 is 27.8 Å². The van der Waals surface area contributed by atoms with Crippen molar-refractivity contribution in [2.75, 3.05) is 6.61 Å². The minimum atomic E-state index is -4.48. The summed E-state index contributed by atoms with van der Waals surface area (Å²) in [5.74, 6) is -1.86. The number of carboxylic acid groups (broad SMARTS) is 1. The lowest BCUT2D eigenvalue weighted by Gasteiger charge is -2.17. The van der Waals surface area contributed by atoms with Gasteiger partial charge < -0.3 is 9.84 Å². The molecule has 78 valence electrons. The molecule has 3 nitrogen and oxygen atoms in total. The van der Waals surface area contributed by atoms with E-state index >= 15 is 0 Å². The van der Waals surface area contributed by atoms with Crippen LogP contribution in [0.2, 0.25) is 0 Å². The summed E-state index contributed by atoms with van der Waals surface area (Å²) in [4.78, 5) is 10.4. The van der Waals surface area contributed by atoms with Gasteiger partial charge in [-0.1, -0.05) is 13.8 Å². The number of halogens is 3. The smallest absolute Gasteiger partial charge is 0.411 e. The fourth-order valence-corrected chi connectivity index (χ4v) is 0.733. The summed E-state index contributed by atoms with van der Waals surface area (Å²) in [5, 5.41) is 8.45. The van der Waals surface area contributed by atoms with Crippen molar-refractivity contribution in [2.24, 2.45) is 5.92 Å². The number of carboxylic acids is 1. The second kappa shape index (κ2) is 4.45. The zero-order valence-corrected chi connectivity index (χ0v) is 7.26. The first kappa shape index (κ1) is 12.2. The lowest BCUT2D eigenvalue weighted by atomic mass is 10.1. The van der Waals surface area contributed by atoms with E-state index < -0.39 is 30.8 Å². The molecule has 0 saturated carbocycles. The molecule has 0 aliphatic carbocycles. The quantitative estimate of drug-likeness (QED) is 0.750. The molecule has 6 heteroatoms. The van der Waals surface area contributed by atoms with Crippen molar-refractivity contribution in [3.05, 3.63) is 0 Å². The maximum atomic E-state index is 11.6. The molecule has 0 spiro atoms. The first-order valence-electron chi connectivity index (χ1n) is 3.65. The fourth-order valence-electron chi connectivity index (χ4n) is 0.733. The van der Waals surface area contributed by atoms with Crippen LogP contribution in [-0.2, 0) is 9.53 Å². The summed E-state index contributed by atoms with van der Waals surface area (Å²) in [6, 6.07) is 0. The van der Waals surface area contributed by atoms with Crippen molar-refractivity contribution in [1.82, 2.24) is 0 Å². The average Bonchev–Trinajstić information content (AvgIpc) is 1.82. The fraction of sp³-hybridized carbons (Fsp3) is 0.857. The van der Waals surface area contributed by atoms with Crippen LogP contribution in [0.4, 0.5) is 13.2 Å². The van der Waals surface area contributed by atoms with Crippen molar-refractivity contribution in [1.29, 1.82) is 0 Å². The zero-order chi connectivity index (χ0) is 10.6. The van der Waals surface area contributed by atoms with Crippen LogP contribution in [-0.4, -0.2) is 30.0 Å². The second-order valence-electron chi connectivity index (χ2n) is 2.93. The molecule has 1 atom stereocenters. The van der Waals surface area contributed by atoms with Crippen LogP contribution in [0.3, 0.4) is 0 Å². The minimum Gasteiger partial charge on any atom is -0.479 e. The molecule has 0 aromatic heterocycles. The molecule has 13 heavy (non-hydrogen) atoms. The molecule has 1 N–H and O–H groups in total. The summed E-state index contributed by atoms with van der Waals surface area (Å²) in [7, 11) is 0. The molecule has 0 heterocycles. The van der Waals surface area contributed by atoms with Gasteiger partial charge in [0.1, 0.15) is 6.61 Å². The van der Waals surface area contributed by atoms with Crippen LogP contribution in [0.5, 0.6) is 0 Å². The molecule has 0 aromatic rings. The predicted octanol–water partition coefficient (Wildman–Crippen LogP) is 1.67. The Morgan fingerprint density at radius 3 is 2.15 bits per heavy atom. The van der Waals surface area contributed by atoms with Gasteiger partial charge in [0, 0.05) is 0 Å². The van der Waals surface area contributed by atoms with Crippen molar-refractivity contribution in [2.45, 2.75) is 26.1 Å². The molecule has 0 rings (SSSR count). The molecule has 0 fully saturated rings. The van der Waals surface area contributed by atoms with Crippen LogP contribution in [0.15, 0.2) is 0 Å². The first-order chi connectivity index (χ1) is 5.74. The maximum absolute atomic E-state index is 11.6. The van der Waals surface area contributed by atoms with Gasteiger partial charge in [0.25, 0.3) is 0 Å². The molecule has 0 aromatic carbocycles. The lowest BCUT2D eigenvalue weighted by molar-refractivity contribution is -0.196. The maximum Gasteiger partial charge on any atom is 0.411 e. The SMILES string of the molecule is CC(C)C(OCC(F)(F)F)C(=O)O. The molecule has 0 amide bonds. The van der Waals surface area contributed by atoms with Crippen molar-refractivity contribution >= 4 is 5.97 Å². The van der Waals surface area contributed by atoms with Gasteiger partial charge in [-0.25, -0.2) is 4.79 Å². The normalized spacial score (nSPS) is 14.6. The Labute approximate surface area is 73.5 Å². The molecule has 1 unspecified atom stereocenters. The number of aliphatic carboxylic acids is 1. The van der Waals surface area contributed by atoms with E-state index in [1.54, 1.807) is 0 Å². The van der Waals surface area contributed by atoms with Crippen molar-refractivity contribution in [3.8, 4) is 0 Å². The Kier molecular flexibility index (Phi) is 4.19. The van der Waals surface area contributed by atoms with Gasteiger partial charge in [0.2, 0.25) is 0 Å². The number of hydrogen-bond acceptors (Lipinski definition) is 2. The Balaban J connectivity index is 4.06. The lowest BCUT2D eigenvalue weighted by Crippen LogP contribution is -2.33. The molecular formula is C7H11F3O3. The monoisotopic (exact) mass is 200 g/mol. The van der Waals surface area contributed by atoms with Crippen LogP contribution in [0, 0.1) is 5.92 Å². The molecule has 0 aliphatic heterocycles. The van der Waals surface area contributed by atoms with E-state index in [4.69, 9.17) is 5.11 Å². The van der Waals surface area contributed by atoms with E-state index in [9.17, 15) is 18.0 Å². The number of rotatable bonds is 4. The van der Waals surface area contributed by atoms with E-state index in [1.165, 1.54) is 13.8 Å². The number of carbonyl (C=O) groups is 1. The Morgan fingerprint density at radius 2 is 1.92 bits per heavy atom. The van der Waals surface area contributed by atoms with Crippen molar-refractivity contribution in [3.63, 3.8) is 0 Å². The second-order valence-corrected chi connectivity index (χ2v) is 2.93. The summed E-state index contributed by atoms with van der Waals surface area (Å²) in [6.07, 6.45) is -5.88. The van der Waals surface area contributed by atoms with Gasteiger partial charge in [-0.05, 0) is 5.92 Å². The van der Waals surface area contributed by atoms with Gasteiger partial charge >= 0.3 is 12.1 Å². The largest absolute Gasteiger partial charge is 0.479 e. The van der Waals surface area contributed by atoms with Gasteiger partial charge in [0.15, 0.2) is 6.10 Å². The average molecular weight is 200 g/mol. The molecule has 0 aliphatic rings. The summed E-state index contributed by atoms with van der Waals surface area (Å²) >= 11 is 0. The van der Waals surface area contributed by atoms with E-state index in [2.05, 4.69) is 4.74 Å². The standard InChI is InChI=1S/C7H11F3O3/c1-4(2)5(6(11)12)13-3-7(8,9)10/h4-5H,3H2,1-2H3,(H,11,12). The highest BCUT2D eigenvalue weighted by atomic mass is 19.4. The van der Waals surface area contributed by atoms with Gasteiger partial charge in [0.05, 0.1) is 0 Å². The van der Waals surface area contributed by atoms with Gasteiger partial charge in [-0.2, -0.15) is 13.2 Å². The minimum absolute atomic E-state index is 0.486.